The first-order chi connectivity index (χ1) is 11.7. The van der Waals surface area contributed by atoms with Crippen LogP contribution in [0.5, 0.6) is 0 Å². The zero-order valence-corrected chi connectivity index (χ0v) is 17.0. The Labute approximate surface area is 162 Å². The third-order valence-electron chi connectivity index (χ3n) is 4.31. The minimum atomic E-state index is -0.519. The first-order valence-electron chi connectivity index (χ1n) is 8.26. The SMILES string of the molecule is CC(C)(C)OC(=O)N1CCC(C#N)(Cc2cc(C#N)ccc2I)CC1. The first-order valence-corrected chi connectivity index (χ1v) is 9.34. The molecule has 5 nitrogen and oxygen atoms in total. The van der Waals surface area contributed by atoms with Crippen molar-refractivity contribution in [1.29, 1.82) is 10.5 Å². The number of hydrogen-bond acceptors (Lipinski definition) is 4. The Morgan fingerprint density at radius 2 is 1.96 bits per heavy atom. The van der Waals surface area contributed by atoms with Gasteiger partial charge in [-0.3, -0.25) is 0 Å². The fraction of sp³-hybridized carbons (Fsp3) is 0.526. The van der Waals surface area contributed by atoms with Crippen molar-refractivity contribution >= 4 is 28.7 Å². The number of rotatable bonds is 2. The topological polar surface area (TPSA) is 77.1 Å². The summed E-state index contributed by atoms with van der Waals surface area (Å²) in [5, 5.41) is 18.9. The summed E-state index contributed by atoms with van der Waals surface area (Å²) in [5.74, 6) is 0. The van der Waals surface area contributed by atoms with E-state index in [1.165, 1.54) is 0 Å². The average Bonchev–Trinajstić information content (AvgIpc) is 2.56. The summed E-state index contributed by atoms with van der Waals surface area (Å²) in [4.78, 5) is 13.9. The molecule has 0 unspecified atom stereocenters. The zero-order valence-electron chi connectivity index (χ0n) is 14.8. The summed E-state index contributed by atoms with van der Waals surface area (Å²) in [5.41, 5.74) is 0.600. The Morgan fingerprint density at radius 1 is 1.32 bits per heavy atom. The summed E-state index contributed by atoms with van der Waals surface area (Å²) in [7, 11) is 0. The fourth-order valence-electron chi connectivity index (χ4n) is 2.92. The van der Waals surface area contributed by atoms with Crippen molar-refractivity contribution in [2.75, 3.05) is 13.1 Å². The first kappa shape index (κ1) is 19.5. The highest BCUT2D eigenvalue weighted by Gasteiger charge is 2.37. The van der Waals surface area contributed by atoms with Gasteiger partial charge in [0, 0.05) is 16.7 Å². The van der Waals surface area contributed by atoms with Gasteiger partial charge >= 0.3 is 6.09 Å². The molecule has 0 saturated carbocycles. The maximum atomic E-state index is 12.2. The summed E-state index contributed by atoms with van der Waals surface area (Å²) in [6.07, 6.45) is 1.49. The number of likely N-dealkylation sites (tertiary alicyclic amines) is 1. The summed E-state index contributed by atoms with van der Waals surface area (Å²) >= 11 is 2.24. The largest absolute Gasteiger partial charge is 0.444 e. The summed E-state index contributed by atoms with van der Waals surface area (Å²) in [6, 6.07) is 10.2. The van der Waals surface area contributed by atoms with E-state index in [0.29, 0.717) is 37.9 Å². The quantitative estimate of drug-likeness (QED) is 0.631. The second kappa shape index (κ2) is 7.61. The molecule has 1 aliphatic heterocycles. The van der Waals surface area contributed by atoms with Crippen molar-refractivity contribution in [2.24, 2.45) is 5.41 Å². The van der Waals surface area contributed by atoms with E-state index in [1.807, 2.05) is 32.9 Å². The molecule has 1 amide bonds. The number of piperidine rings is 1. The Kier molecular flexibility index (Phi) is 5.95. The van der Waals surface area contributed by atoms with E-state index >= 15 is 0 Å². The molecule has 0 N–H and O–H groups in total. The second-order valence-electron chi connectivity index (χ2n) is 7.45. The lowest BCUT2D eigenvalue weighted by Gasteiger charge is -2.38. The van der Waals surface area contributed by atoms with Gasteiger partial charge in [0.25, 0.3) is 0 Å². The molecule has 0 atom stereocenters. The highest BCUT2D eigenvalue weighted by Crippen LogP contribution is 2.36. The van der Waals surface area contributed by atoms with Gasteiger partial charge in [0.15, 0.2) is 0 Å². The van der Waals surface area contributed by atoms with Gasteiger partial charge in [0.05, 0.1) is 23.1 Å². The average molecular weight is 451 g/mol. The van der Waals surface area contributed by atoms with E-state index in [-0.39, 0.29) is 6.09 Å². The summed E-state index contributed by atoms with van der Waals surface area (Å²) < 4.78 is 6.47. The summed E-state index contributed by atoms with van der Waals surface area (Å²) in [6.45, 7) is 6.56. The fourth-order valence-corrected chi connectivity index (χ4v) is 3.44. The number of amides is 1. The number of carbonyl (C=O) groups excluding carboxylic acids is 1. The molecular formula is C19H22IN3O2. The van der Waals surface area contributed by atoms with Crippen LogP contribution in [0.3, 0.4) is 0 Å². The predicted octanol–water partition coefficient (Wildman–Crippen LogP) is 4.25. The number of benzene rings is 1. The van der Waals surface area contributed by atoms with Crippen LogP contribution in [-0.2, 0) is 11.2 Å². The van der Waals surface area contributed by atoms with Crippen LogP contribution in [0.2, 0.25) is 0 Å². The molecule has 1 aromatic rings. The second-order valence-corrected chi connectivity index (χ2v) is 8.62. The monoisotopic (exact) mass is 451 g/mol. The van der Waals surface area contributed by atoms with Crippen molar-refractivity contribution < 1.29 is 9.53 Å². The van der Waals surface area contributed by atoms with Crippen molar-refractivity contribution in [3.8, 4) is 12.1 Å². The van der Waals surface area contributed by atoms with Gasteiger partial charge in [-0.15, -0.1) is 0 Å². The van der Waals surface area contributed by atoms with Gasteiger partial charge in [-0.25, -0.2) is 4.79 Å². The number of carbonyl (C=O) groups is 1. The minimum Gasteiger partial charge on any atom is -0.444 e. The third-order valence-corrected chi connectivity index (χ3v) is 5.37. The van der Waals surface area contributed by atoms with E-state index in [4.69, 9.17) is 10.00 Å². The molecule has 0 spiro atoms. The van der Waals surface area contributed by atoms with E-state index < -0.39 is 11.0 Å². The molecule has 1 saturated heterocycles. The van der Waals surface area contributed by atoms with E-state index in [9.17, 15) is 10.1 Å². The highest BCUT2D eigenvalue weighted by atomic mass is 127. The van der Waals surface area contributed by atoms with Crippen LogP contribution in [0.1, 0.15) is 44.7 Å². The lowest BCUT2D eigenvalue weighted by atomic mass is 9.75. The van der Waals surface area contributed by atoms with Gasteiger partial charge in [0.1, 0.15) is 5.60 Å². The molecule has 0 aliphatic carbocycles. The predicted molar refractivity (Wildman–Crippen MR) is 103 cm³/mol. The minimum absolute atomic E-state index is 0.319. The third kappa shape index (κ3) is 5.09. The Hall–Kier alpha value is -1.80. The Bertz CT molecular complexity index is 733. The van der Waals surface area contributed by atoms with Crippen LogP contribution in [0.15, 0.2) is 18.2 Å². The van der Waals surface area contributed by atoms with Crippen LogP contribution < -0.4 is 0 Å². The van der Waals surface area contributed by atoms with Gasteiger partial charge in [-0.05, 0) is 86.4 Å². The van der Waals surface area contributed by atoms with Crippen molar-refractivity contribution in [3.05, 3.63) is 32.9 Å². The molecule has 1 aromatic carbocycles. The lowest BCUT2D eigenvalue weighted by molar-refractivity contribution is 0.0148. The molecular weight excluding hydrogens is 429 g/mol. The number of hydrogen-bond donors (Lipinski definition) is 0. The van der Waals surface area contributed by atoms with Crippen LogP contribution in [-0.4, -0.2) is 29.7 Å². The number of nitriles is 2. The number of ether oxygens (including phenoxy) is 1. The smallest absolute Gasteiger partial charge is 0.410 e. The molecule has 1 heterocycles. The van der Waals surface area contributed by atoms with Crippen molar-refractivity contribution in [3.63, 3.8) is 0 Å². The van der Waals surface area contributed by atoms with E-state index in [0.717, 1.165) is 9.13 Å². The standard InChI is InChI=1S/C19H22IN3O2/c1-18(2,3)25-17(24)23-8-6-19(13-22,7-9-23)11-15-10-14(12-21)4-5-16(15)20/h4-5,10H,6-9,11H2,1-3H3. The lowest BCUT2D eigenvalue weighted by Crippen LogP contribution is -2.45. The maximum Gasteiger partial charge on any atom is 0.410 e. The van der Waals surface area contributed by atoms with Crippen molar-refractivity contribution in [2.45, 2.75) is 45.6 Å². The normalized spacial score (nSPS) is 16.6. The molecule has 1 fully saturated rings. The molecule has 0 bridgehead atoms. The van der Waals surface area contributed by atoms with Gasteiger partial charge in [-0.1, -0.05) is 0 Å². The molecule has 2 rings (SSSR count). The van der Waals surface area contributed by atoms with Crippen LogP contribution in [0.4, 0.5) is 4.79 Å². The van der Waals surface area contributed by atoms with Crippen LogP contribution in [0.25, 0.3) is 0 Å². The van der Waals surface area contributed by atoms with Crippen LogP contribution in [0, 0.1) is 31.6 Å². The maximum absolute atomic E-state index is 12.2. The zero-order chi connectivity index (χ0) is 18.7. The Balaban J connectivity index is 2.08. The van der Waals surface area contributed by atoms with Crippen LogP contribution >= 0.6 is 22.6 Å². The van der Waals surface area contributed by atoms with Gasteiger partial charge < -0.3 is 9.64 Å². The van der Waals surface area contributed by atoms with Gasteiger partial charge in [-0.2, -0.15) is 10.5 Å². The molecule has 0 radical (unpaired) electrons. The van der Waals surface area contributed by atoms with Gasteiger partial charge in [0.2, 0.25) is 0 Å². The van der Waals surface area contributed by atoms with E-state index in [2.05, 4.69) is 34.7 Å². The molecule has 25 heavy (non-hydrogen) atoms. The molecule has 1 aliphatic rings. The molecule has 132 valence electrons. The molecule has 0 aromatic heterocycles. The number of nitrogens with zero attached hydrogens (tertiary/aromatic N) is 3. The van der Waals surface area contributed by atoms with E-state index in [1.54, 1.807) is 11.0 Å². The molecule has 6 heteroatoms. The Morgan fingerprint density at radius 3 is 2.48 bits per heavy atom. The van der Waals surface area contributed by atoms with Crippen molar-refractivity contribution in [1.82, 2.24) is 4.90 Å². The number of halogens is 1. The highest BCUT2D eigenvalue weighted by molar-refractivity contribution is 14.1.